The Balaban J connectivity index is 1.66. The van der Waals surface area contributed by atoms with Crippen molar-refractivity contribution in [3.63, 3.8) is 0 Å². The smallest absolute Gasteiger partial charge is 0.270 e. The molecule has 1 aromatic heterocycles. The fraction of sp³-hybridized carbons (Fsp3) is 0.143. The summed E-state index contributed by atoms with van der Waals surface area (Å²) in [4.78, 5) is 16.5. The third-order valence-electron chi connectivity index (χ3n) is 4.08. The molecule has 7 heteroatoms. The van der Waals surface area contributed by atoms with Gasteiger partial charge in [0.05, 0.1) is 31.8 Å². The van der Waals surface area contributed by atoms with E-state index < -0.39 is 0 Å². The van der Waals surface area contributed by atoms with E-state index in [2.05, 4.69) is 15.6 Å². The van der Waals surface area contributed by atoms with E-state index in [1.807, 2.05) is 36.4 Å². The minimum atomic E-state index is -0.273. The lowest BCUT2D eigenvalue weighted by Crippen LogP contribution is -2.23. The van der Waals surface area contributed by atoms with Gasteiger partial charge in [0.25, 0.3) is 5.91 Å². The zero-order valence-electron chi connectivity index (χ0n) is 15.5. The number of carbonyl (C=O) groups excluding carboxylic acids is 1. The molecule has 0 fully saturated rings. The Kier molecular flexibility index (Phi) is 6.34. The van der Waals surface area contributed by atoms with Crippen molar-refractivity contribution in [1.82, 2.24) is 10.3 Å². The molecular formula is C21H20ClN3O3. The average molecular weight is 398 g/mol. The van der Waals surface area contributed by atoms with E-state index in [1.165, 1.54) is 0 Å². The van der Waals surface area contributed by atoms with Gasteiger partial charge in [0.15, 0.2) is 0 Å². The van der Waals surface area contributed by atoms with Gasteiger partial charge in [0.1, 0.15) is 17.2 Å². The molecule has 3 aromatic rings. The number of aromatic nitrogens is 1. The largest absolute Gasteiger partial charge is 0.497 e. The SMILES string of the molecule is COc1ccc(OC)c(Nc2ccc(C(=O)NCc3ccccc3Cl)nc2)c1. The van der Waals surface area contributed by atoms with Crippen LogP contribution in [0, 0.1) is 0 Å². The number of amides is 1. The molecule has 28 heavy (non-hydrogen) atoms. The molecule has 1 heterocycles. The quantitative estimate of drug-likeness (QED) is 0.617. The molecule has 0 aliphatic carbocycles. The van der Waals surface area contributed by atoms with Crippen LogP contribution in [0.1, 0.15) is 16.1 Å². The molecule has 0 spiro atoms. The zero-order valence-corrected chi connectivity index (χ0v) is 16.3. The normalized spacial score (nSPS) is 10.2. The second-order valence-electron chi connectivity index (χ2n) is 5.90. The Bertz CT molecular complexity index is 961. The number of nitrogens with zero attached hydrogens (tertiary/aromatic N) is 1. The average Bonchev–Trinajstić information content (AvgIpc) is 2.73. The first-order valence-corrected chi connectivity index (χ1v) is 8.95. The van der Waals surface area contributed by atoms with E-state index in [0.29, 0.717) is 34.4 Å². The first kappa shape index (κ1) is 19.5. The third kappa shape index (κ3) is 4.72. The van der Waals surface area contributed by atoms with Crippen molar-refractivity contribution in [3.8, 4) is 11.5 Å². The van der Waals surface area contributed by atoms with Crippen molar-refractivity contribution in [2.45, 2.75) is 6.54 Å². The van der Waals surface area contributed by atoms with Crippen molar-refractivity contribution in [1.29, 1.82) is 0 Å². The van der Waals surface area contributed by atoms with E-state index in [4.69, 9.17) is 21.1 Å². The van der Waals surface area contributed by atoms with Gasteiger partial charge in [0, 0.05) is 17.6 Å². The molecular weight excluding hydrogens is 378 g/mol. The second-order valence-corrected chi connectivity index (χ2v) is 6.30. The van der Waals surface area contributed by atoms with Gasteiger partial charge in [-0.05, 0) is 35.9 Å². The Morgan fingerprint density at radius 3 is 2.57 bits per heavy atom. The molecule has 0 saturated carbocycles. The van der Waals surface area contributed by atoms with Crippen LogP contribution in [0.3, 0.4) is 0 Å². The van der Waals surface area contributed by atoms with Crippen molar-refractivity contribution in [2.24, 2.45) is 0 Å². The van der Waals surface area contributed by atoms with Crippen LogP contribution >= 0.6 is 11.6 Å². The summed E-state index contributed by atoms with van der Waals surface area (Å²) in [5.74, 6) is 1.10. The van der Waals surface area contributed by atoms with E-state index >= 15 is 0 Å². The van der Waals surface area contributed by atoms with E-state index in [0.717, 1.165) is 11.3 Å². The number of rotatable bonds is 7. The van der Waals surface area contributed by atoms with Gasteiger partial charge >= 0.3 is 0 Å². The molecule has 6 nitrogen and oxygen atoms in total. The van der Waals surface area contributed by atoms with Gasteiger partial charge in [-0.2, -0.15) is 0 Å². The minimum absolute atomic E-state index is 0.273. The summed E-state index contributed by atoms with van der Waals surface area (Å²) in [6.45, 7) is 0.335. The predicted octanol–water partition coefficient (Wildman–Crippen LogP) is 4.43. The number of pyridine rings is 1. The van der Waals surface area contributed by atoms with Crippen LogP contribution in [-0.4, -0.2) is 25.1 Å². The molecule has 0 radical (unpaired) electrons. The fourth-order valence-electron chi connectivity index (χ4n) is 2.58. The number of methoxy groups -OCH3 is 2. The van der Waals surface area contributed by atoms with Gasteiger partial charge < -0.3 is 20.1 Å². The van der Waals surface area contributed by atoms with Crippen LogP contribution in [0.25, 0.3) is 0 Å². The maximum atomic E-state index is 12.3. The van der Waals surface area contributed by atoms with Crippen LogP contribution in [-0.2, 0) is 6.54 Å². The lowest BCUT2D eigenvalue weighted by molar-refractivity contribution is 0.0946. The van der Waals surface area contributed by atoms with Crippen molar-refractivity contribution < 1.29 is 14.3 Å². The number of hydrogen-bond donors (Lipinski definition) is 2. The van der Waals surface area contributed by atoms with Crippen LogP contribution < -0.4 is 20.1 Å². The Labute approximate surface area is 168 Å². The summed E-state index contributed by atoms with van der Waals surface area (Å²) in [6.07, 6.45) is 1.59. The van der Waals surface area contributed by atoms with Crippen molar-refractivity contribution in [2.75, 3.05) is 19.5 Å². The molecule has 3 rings (SSSR count). The highest BCUT2D eigenvalue weighted by molar-refractivity contribution is 6.31. The first-order valence-electron chi connectivity index (χ1n) is 8.57. The van der Waals surface area contributed by atoms with E-state index in [9.17, 15) is 4.79 Å². The first-order chi connectivity index (χ1) is 13.6. The summed E-state index contributed by atoms with van der Waals surface area (Å²) in [6, 6.07) is 16.2. The van der Waals surface area contributed by atoms with Gasteiger partial charge in [-0.3, -0.25) is 4.79 Å². The Hall–Kier alpha value is -3.25. The van der Waals surface area contributed by atoms with Crippen molar-refractivity contribution >= 4 is 28.9 Å². The number of benzene rings is 2. The highest BCUT2D eigenvalue weighted by Gasteiger charge is 2.10. The Morgan fingerprint density at radius 1 is 1.07 bits per heavy atom. The molecule has 0 saturated heterocycles. The molecule has 1 amide bonds. The van der Waals surface area contributed by atoms with Crippen LogP contribution in [0.4, 0.5) is 11.4 Å². The fourth-order valence-corrected chi connectivity index (χ4v) is 2.78. The predicted molar refractivity (Wildman–Crippen MR) is 110 cm³/mol. The summed E-state index contributed by atoms with van der Waals surface area (Å²) < 4.78 is 10.6. The maximum Gasteiger partial charge on any atom is 0.270 e. The molecule has 2 aromatic carbocycles. The lowest BCUT2D eigenvalue weighted by atomic mass is 10.2. The molecule has 0 bridgehead atoms. The lowest BCUT2D eigenvalue weighted by Gasteiger charge is -2.13. The number of hydrogen-bond acceptors (Lipinski definition) is 5. The second kappa shape index (κ2) is 9.10. The number of carbonyl (C=O) groups is 1. The molecule has 0 aliphatic heterocycles. The third-order valence-corrected chi connectivity index (χ3v) is 4.45. The van der Waals surface area contributed by atoms with Gasteiger partial charge in [-0.1, -0.05) is 29.8 Å². The molecule has 0 aliphatic rings. The Morgan fingerprint density at radius 2 is 1.89 bits per heavy atom. The number of halogens is 1. The molecule has 0 atom stereocenters. The number of anilines is 2. The van der Waals surface area contributed by atoms with Crippen LogP contribution in [0.15, 0.2) is 60.8 Å². The van der Waals surface area contributed by atoms with E-state index in [-0.39, 0.29) is 5.91 Å². The standard InChI is InChI=1S/C21H20ClN3O3/c1-27-16-8-10-20(28-2)19(11-16)25-15-7-9-18(23-13-15)21(26)24-12-14-5-3-4-6-17(14)22/h3-11,13,25H,12H2,1-2H3,(H,24,26). The molecule has 2 N–H and O–H groups in total. The van der Waals surface area contributed by atoms with Crippen LogP contribution in [0.2, 0.25) is 5.02 Å². The topological polar surface area (TPSA) is 72.5 Å². The monoisotopic (exact) mass is 397 g/mol. The summed E-state index contributed by atoms with van der Waals surface area (Å²) in [7, 11) is 3.20. The van der Waals surface area contributed by atoms with E-state index in [1.54, 1.807) is 38.6 Å². The summed E-state index contributed by atoms with van der Waals surface area (Å²) >= 11 is 6.10. The van der Waals surface area contributed by atoms with Crippen molar-refractivity contribution in [3.05, 3.63) is 77.1 Å². The molecule has 144 valence electrons. The minimum Gasteiger partial charge on any atom is -0.497 e. The maximum absolute atomic E-state index is 12.3. The summed E-state index contributed by atoms with van der Waals surface area (Å²) in [5.41, 5.74) is 2.62. The molecule has 0 unspecified atom stereocenters. The number of ether oxygens (including phenoxy) is 2. The van der Waals surface area contributed by atoms with Gasteiger partial charge in [-0.15, -0.1) is 0 Å². The van der Waals surface area contributed by atoms with Crippen LogP contribution in [0.5, 0.6) is 11.5 Å². The highest BCUT2D eigenvalue weighted by Crippen LogP contribution is 2.31. The summed E-state index contributed by atoms with van der Waals surface area (Å²) in [5, 5.41) is 6.64. The van der Waals surface area contributed by atoms with Gasteiger partial charge in [-0.25, -0.2) is 4.98 Å². The van der Waals surface area contributed by atoms with Gasteiger partial charge in [0.2, 0.25) is 0 Å². The number of nitrogens with one attached hydrogen (secondary N) is 2. The zero-order chi connectivity index (χ0) is 19.9. The highest BCUT2D eigenvalue weighted by atomic mass is 35.5.